The zero-order chi connectivity index (χ0) is 18.6. The lowest BCUT2D eigenvalue weighted by molar-refractivity contribution is -0.131. The Kier molecular flexibility index (Phi) is 5.96. The van der Waals surface area contributed by atoms with Crippen molar-refractivity contribution in [3.8, 4) is 0 Å². The van der Waals surface area contributed by atoms with Crippen LogP contribution in [0.4, 0.5) is 0 Å². The molecule has 26 heavy (non-hydrogen) atoms. The van der Waals surface area contributed by atoms with E-state index < -0.39 is 11.3 Å². The minimum absolute atomic E-state index is 0.261. The van der Waals surface area contributed by atoms with E-state index in [1.165, 1.54) is 0 Å². The molecule has 0 radical (unpaired) electrons. The number of hydrogen-bond donors (Lipinski definition) is 2. The van der Waals surface area contributed by atoms with E-state index in [1.54, 1.807) is 24.3 Å². The Hall–Kier alpha value is -1.89. The lowest BCUT2D eigenvalue weighted by Gasteiger charge is -2.36. The van der Waals surface area contributed by atoms with Crippen molar-refractivity contribution in [3.05, 3.63) is 69.2 Å². The van der Waals surface area contributed by atoms with Crippen molar-refractivity contribution in [1.29, 1.82) is 0 Å². The zero-order valence-corrected chi connectivity index (χ0v) is 16.3. The second-order valence-corrected chi connectivity index (χ2v) is 7.41. The number of hydrogen-bond acceptors (Lipinski definition) is 3. The summed E-state index contributed by atoms with van der Waals surface area (Å²) in [6.07, 6.45) is 1.09. The fourth-order valence-corrected chi connectivity index (χ4v) is 3.57. The highest BCUT2D eigenvalue weighted by Gasteiger charge is 2.42. The molecule has 7 heteroatoms. The number of carbonyl (C=O) groups excluding carboxylic acids is 2. The molecule has 1 fully saturated rings. The number of halogens is 2. The van der Waals surface area contributed by atoms with Crippen molar-refractivity contribution in [2.45, 2.75) is 18.3 Å². The molecule has 0 aromatic heterocycles. The molecule has 2 N–H and O–H groups in total. The number of rotatable bonds is 3. The van der Waals surface area contributed by atoms with Gasteiger partial charge in [-0.15, -0.1) is 0 Å². The third kappa shape index (κ3) is 3.92. The van der Waals surface area contributed by atoms with Gasteiger partial charge in [0, 0.05) is 17.7 Å². The molecule has 2 aromatic rings. The van der Waals surface area contributed by atoms with Crippen LogP contribution in [0.1, 0.15) is 28.8 Å². The van der Waals surface area contributed by atoms with E-state index in [0.717, 1.165) is 10.0 Å². The predicted octanol–water partition coefficient (Wildman–Crippen LogP) is 3.61. The first-order valence-corrected chi connectivity index (χ1v) is 9.39. The highest BCUT2D eigenvalue weighted by Crippen LogP contribution is 2.35. The van der Waals surface area contributed by atoms with E-state index in [9.17, 15) is 9.59 Å². The van der Waals surface area contributed by atoms with Crippen LogP contribution in [0.5, 0.6) is 0 Å². The molecule has 1 aliphatic rings. The van der Waals surface area contributed by atoms with Crippen LogP contribution in [0, 0.1) is 0 Å². The fraction of sp³-hybridized carbons (Fsp3) is 0.263. The minimum Gasteiger partial charge on any atom is -0.381 e. The monoisotopic (exact) mass is 436 g/mol. The van der Waals surface area contributed by atoms with Gasteiger partial charge in [0.05, 0.1) is 16.0 Å². The number of nitrogens with one attached hydrogen (secondary N) is 2. The first kappa shape index (κ1) is 18.9. The van der Waals surface area contributed by atoms with Gasteiger partial charge in [0.2, 0.25) is 5.91 Å². The molecule has 1 saturated heterocycles. The standard InChI is InChI=1S/C19H18BrClN2O3/c20-14-7-5-13(6-8-14)19(9-11-26-12-10-19)18(25)23-22-17(24)15-3-1-2-4-16(15)21/h1-8H,9-12H2,(H,22,24)(H,23,25). The Bertz CT molecular complexity index is 805. The predicted molar refractivity (Wildman–Crippen MR) is 103 cm³/mol. The largest absolute Gasteiger partial charge is 0.381 e. The average molecular weight is 438 g/mol. The average Bonchev–Trinajstić information content (AvgIpc) is 2.67. The summed E-state index contributed by atoms with van der Waals surface area (Å²) < 4.78 is 6.38. The lowest BCUT2D eigenvalue weighted by Crippen LogP contribution is -2.53. The Morgan fingerprint density at radius 3 is 2.31 bits per heavy atom. The van der Waals surface area contributed by atoms with Gasteiger partial charge in [0.1, 0.15) is 0 Å². The summed E-state index contributed by atoms with van der Waals surface area (Å²) in [6.45, 7) is 0.976. The fourth-order valence-electron chi connectivity index (χ4n) is 3.08. The van der Waals surface area contributed by atoms with Crippen molar-refractivity contribution in [2.75, 3.05) is 13.2 Å². The summed E-state index contributed by atoms with van der Waals surface area (Å²) >= 11 is 9.44. The highest BCUT2D eigenvalue weighted by atomic mass is 79.9. The summed E-state index contributed by atoms with van der Waals surface area (Å²) in [5.41, 5.74) is 5.50. The molecule has 0 saturated carbocycles. The third-order valence-electron chi connectivity index (χ3n) is 4.59. The van der Waals surface area contributed by atoms with Crippen LogP contribution >= 0.6 is 27.5 Å². The van der Waals surface area contributed by atoms with E-state index in [1.807, 2.05) is 24.3 Å². The molecule has 1 heterocycles. The molecule has 0 unspecified atom stereocenters. The lowest BCUT2D eigenvalue weighted by atomic mass is 9.73. The van der Waals surface area contributed by atoms with Crippen LogP contribution in [-0.2, 0) is 14.9 Å². The van der Waals surface area contributed by atoms with Gasteiger partial charge in [0.25, 0.3) is 5.91 Å². The summed E-state index contributed by atoms with van der Waals surface area (Å²) in [5.74, 6) is -0.717. The van der Waals surface area contributed by atoms with Gasteiger partial charge in [-0.05, 0) is 42.7 Å². The van der Waals surface area contributed by atoms with Crippen LogP contribution in [-0.4, -0.2) is 25.0 Å². The molecule has 0 spiro atoms. The van der Waals surface area contributed by atoms with E-state index in [-0.39, 0.29) is 5.91 Å². The van der Waals surface area contributed by atoms with E-state index in [4.69, 9.17) is 16.3 Å². The van der Waals surface area contributed by atoms with E-state index in [0.29, 0.717) is 36.6 Å². The third-order valence-corrected chi connectivity index (χ3v) is 5.44. The number of benzene rings is 2. The second kappa shape index (κ2) is 8.20. The summed E-state index contributed by atoms with van der Waals surface area (Å²) in [6, 6.07) is 14.3. The Balaban J connectivity index is 1.77. The van der Waals surface area contributed by atoms with Crippen LogP contribution in [0.15, 0.2) is 53.0 Å². The van der Waals surface area contributed by atoms with Gasteiger partial charge in [-0.3, -0.25) is 20.4 Å². The first-order chi connectivity index (χ1) is 12.5. The van der Waals surface area contributed by atoms with Gasteiger partial charge in [-0.1, -0.05) is 51.8 Å². The molecule has 0 bridgehead atoms. The number of carbonyl (C=O) groups is 2. The van der Waals surface area contributed by atoms with Crippen LogP contribution in [0.2, 0.25) is 5.02 Å². The molecule has 3 rings (SSSR count). The van der Waals surface area contributed by atoms with Crippen molar-refractivity contribution in [3.63, 3.8) is 0 Å². The molecule has 2 aromatic carbocycles. The second-order valence-electron chi connectivity index (χ2n) is 6.09. The molecule has 5 nitrogen and oxygen atoms in total. The van der Waals surface area contributed by atoms with Crippen molar-refractivity contribution in [1.82, 2.24) is 10.9 Å². The van der Waals surface area contributed by atoms with Crippen LogP contribution in [0.25, 0.3) is 0 Å². The molecule has 136 valence electrons. The number of hydrazine groups is 1. The van der Waals surface area contributed by atoms with Crippen molar-refractivity contribution in [2.24, 2.45) is 0 Å². The SMILES string of the molecule is O=C(NNC(=O)C1(c2ccc(Br)cc2)CCOCC1)c1ccccc1Cl. The zero-order valence-electron chi connectivity index (χ0n) is 13.9. The van der Waals surface area contributed by atoms with Gasteiger partial charge >= 0.3 is 0 Å². The number of ether oxygens (including phenoxy) is 1. The van der Waals surface area contributed by atoms with Gasteiger partial charge in [-0.25, -0.2) is 0 Å². The van der Waals surface area contributed by atoms with Crippen LogP contribution in [0.3, 0.4) is 0 Å². The van der Waals surface area contributed by atoms with E-state index in [2.05, 4.69) is 26.8 Å². The summed E-state index contributed by atoms with van der Waals surface area (Å²) in [7, 11) is 0. The smallest absolute Gasteiger partial charge is 0.271 e. The first-order valence-electron chi connectivity index (χ1n) is 8.22. The van der Waals surface area contributed by atoms with Gasteiger partial charge in [-0.2, -0.15) is 0 Å². The van der Waals surface area contributed by atoms with Gasteiger partial charge in [0.15, 0.2) is 0 Å². The molecule has 0 atom stereocenters. The number of amides is 2. The molecule has 0 aliphatic carbocycles. The molecule has 2 amide bonds. The summed E-state index contributed by atoms with van der Waals surface area (Å²) in [4.78, 5) is 25.3. The molecule has 1 aliphatic heterocycles. The Morgan fingerprint density at radius 2 is 1.65 bits per heavy atom. The quantitative estimate of drug-likeness (QED) is 0.721. The molecular formula is C19H18BrClN2O3. The maximum absolute atomic E-state index is 13.0. The minimum atomic E-state index is -0.743. The molecular weight excluding hydrogens is 420 g/mol. The van der Waals surface area contributed by atoms with Crippen molar-refractivity contribution >= 4 is 39.3 Å². The van der Waals surface area contributed by atoms with E-state index >= 15 is 0 Å². The maximum Gasteiger partial charge on any atom is 0.271 e. The highest BCUT2D eigenvalue weighted by molar-refractivity contribution is 9.10. The van der Waals surface area contributed by atoms with Crippen LogP contribution < -0.4 is 10.9 Å². The Morgan fingerprint density at radius 1 is 1.00 bits per heavy atom. The maximum atomic E-state index is 13.0. The normalized spacial score (nSPS) is 15.9. The Labute approximate surface area is 165 Å². The summed E-state index contributed by atoms with van der Waals surface area (Å²) in [5, 5.41) is 0.327. The van der Waals surface area contributed by atoms with Crippen molar-refractivity contribution < 1.29 is 14.3 Å². The topological polar surface area (TPSA) is 67.4 Å². The van der Waals surface area contributed by atoms with Gasteiger partial charge < -0.3 is 4.74 Å².